The van der Waals surface area contributed by atoms with Crippen molar-refractivity contribution in [2.75, 3.05) is 0 Å². The van der Waals surface area contributed by atoms with E-state index in [0.717, 1.165) is 0 Å². The van der Waals surface area contributed by atoms with Crippen LogP contribution in [0.2, 0.25) is 0 Å². The molecule has 4 heavy (non-hydrogen) atoms. The summed E-state index contributed by atoms with van der Waals surface area (Å²) in [6, 6.07) is 0. The summed E-state index contributed by atoms with van der Waals surface area (Å²) in [6.45, 7) is 0. The normalized spacial score (nSPS) is 2.00. The van der Waals surface area contributed by atoms with Gasteiger partial charge in [-0.1, -0.05) is 0 Å². The molecule has 0 N–H and O–H groups in total. The van der Waals surface area contributed by atoms with Gasteiger partial charge >= 0.3 is 6.15 Å². The van der Waals surface area contributed by atoms with Crippen LogP contribution in [0.1, 0.15) is 0 Å². The quantitative estimate of drug-likeness (QED) is 0.384. The van der Waals surface area contributed by atoms with Gasteiger partial charge in [-0.2, -0.15) is 9.59 Å². The second kappa shape index (κ2) is 13.2. The summed E-state index contributed by atoms with van der Waals surface area (Å²) in [5.74, 6) is 0. The van der Waals surface area contributed by atoms with Crippen molar-refractivity contribution in [3.8, 4) is 0 Å². The van der Waals surface area contributed by atoms with Crippen LogP contribution in [-0.4, -0.2) is 6.15 Å². The summed E-state index contributed by atoms with van der Waals surface area (Å²) in [4.78, 5) is 16.2. The smallest absolute Gasteiger partial charge is 0.186 e. The van der Waals surface area contributed by atoms with E-state index in [9.17, 15) is 0 Å². The summed E-state index contributed by atoms with van der Waals surface area (Å²) < 4.78 is 0. The molecule has 0 fully saturated rings. The van der Waals surface area contributed by atoms with Crippen LogP contribution in [0.15, 0.2) is 0 Å². The third kappa shape index (κ3) is 89.3. The van der Waals surface area contributed by atoms with Gasteiger partial charge in [0.05, 0.1) is 0 Å². The fourth-order valence-corrected chi connectivity index (χ4v) is 0. The Hall–Kier alpha value is -0.126. The van der Waals surface area contributed by atoms with Crippen molar-refractivity contribution < 1.29 is 26.1 Å². The SMILES string of the molecule is O=C=O.[Ni]. The van der Waals surface area contributed by atoms with Crippen molar-refractivity contribution >= 4 is 6.15 Å². The van der Waals surface area contributed by atoms with E-state index in [2.05, 4.69) is 0 Å². The first kappa shape index (κ1) is 9.11. The third-order valence-corrected chi connectivity index (χ3v) is 0. The molecule has 0 saturated carbocycles. The predicted molar refractivity (Wildman–Crippen MR) is 5.01 cm³/mol. The first-order chi connectivity index (χ1) is 1.41. The molecule has 0 aromatic heterocycles. The number of rotatable bonds is 0. The molecule has 26 valence electrons. The van der Waals surface area contributed by atoms with Crippen LogP contribution in [0.25, 0.3) is 0 Å². The van der Waals surface area contributed by atoms with Gasteiger partial charge in [-0.15, -0.1) is 0 Å². The Morgan fingerprint density at radius 2 is 1.25 bits per heavy atom. The summed E-state index contributed by atoms with van der Waals surface area (Å²) in [6.07, 6.45) is 0.250. The molecular weight excluding hydrogens is 103 g/mol. The van der Waals surface area contributed by atoms with Crippen LogP contribution in [0.5, 0.6) is 0 Å². The van der Waals surface area contributed by atoms with Crippen molar-refractivity contribution in [2.24, 2.45) is 0 Å². The van der Waals surface area contributed by atoms with Gasteiger partial charge in [-0.3, -0.25) is 0 Å². The molecule has 0 bridgehead atoms. The molecule has 0 amide bonds. The van der Waals surface area contributed by atoms with Crippen LogP contribution in [0.3, 0.4) is 0 Å². The molecule has 0 radical (unpaired) electrons. The maximum absolute atomic E-state index is 8.12. The molecule has 0 saturated heterocycles. The summed E-state index contributed by atoms with van der Waals surface area (Å²) in [5, 5.41) is 0. The molecule has 0 spiro atoms. The molecule has 0 aromatic carbocycles. The summed E-state index contributed by atoms with van der Waals surface area (Å²) in [5.41, 5.74) is 0. The Labute approximate surface area is 33.1 Å². The maximum atomic E-state index is 8.12. The minimum atomic E-state index is 0. The fourth-order valence-electron chi connectivity index (χ4n) is 0. The maximum Gasteiger partial charge on any atom is 0.373 e. The second-order valence-electron chi connectivity index (χ2n) is 0.0833. The first-order valence-corrected chi connectivity index (χ1v) is 0.408. The van der Waals surface area contributed by atoms with Crippen LogP contribution in [0, 0.1) is 0 Å². The average molecular weight is 103 g/mol. The van der Waals surface area contributed by atoms with Gasteiger partial charge in [0.25, 0.3) is 0 Å². The number of hydrogen-bond acceptors (Lipinski definition) is 2. The number of hydrogen-bond donors (Lipinski definition) is 0. The van der Waals surface area contributed by atoms with E-state index in [-0.39, 0.29) is 22.6 Å². The average Bonchev–Trinajstić information content (AvgIpc) is 0.918. The fraction of sp³-hybridized carbons (Fsp3) is 0. The minimum absolute atomic E-state index is 0. The zero-order chi connectivity index (χ0) is 2.71. The molecule has 0 aliphatic rings. The summed E-state index contributed by atoms with van der Waals surface area (Å²) >= 11 is 0. The van der Waals surface area contributed by atoms with E-state index in [0.29, 0.717) is 0 Å². The van der Waals surface area contributed by atoms with Crippen LogP contribution >= 0.6 is 0 Å². The van der Waals surface area contributed by atoms with E-state index in [1.54, 1.807) is 0 Å². The molecule has 0 heterocycles. The van der Waals surface area contributed by atoms with Crippen molar-refractivity contribution in [1.29, 1.82) is 0 Å². The van der Waals surface area contributed by atoms with Gasteiger partial charge in [0.2, 0.25) is 0 Å². The standard InChI is InChI=1S/CO2.Ni/c2-1-3;. The third-order valence-electron chi connectivity index (χ3n) is 0. The van der Waals surface area contributed by atoms with E-state index in [1.165, 1.54) is 0 Å². The van der Waals surface area contributed by atoms with Gasteiger partial charge in [-0.25, -0.2) is 0 Å². The topological polar surface area (TPSA) is 34.1 Å². The monoisotopic (exact) mass is 102 g/mol. The molecule has 3 heteroatoms. The molecule has 0 aromatic rings. The van der Waals surface area contributed by atoms with Gasteiger partial charge in [0, 0.05) is 16.5 Å². The van der Waals surface area contributed by atoms with E-state index in [1.807, 2.05) is 0 Å². The van der Waals surface area contributed by atoms with Crippen LogP contribution in [-0.2, 0) is 26.1 Å². The van der Waals surface area contributed by atoms with Crippen molar-refractivity contribution in [3.05, 3.63) is 0 Å². The van der Waals surface area contributed by atoms with Crippen LogP contribution < -0.4 is 0 Å². The number of carbonyl (C=O) groups excluding carboxylic acids is 2. The zero-order valence-electron chi connectivity index (χ0n) is 1.63. The Balaban J connectivity index is 0. The van der Waals surface area contributed by atoms with E-state index >= 15 is 0 Å². The Morgan fingerprint density at radius 1 is 1.25 bits per heavy atom. The van der Waals surface area contributed by atoms with E-state index < -0.39 is 0 Å². The molecule has 0 aliphatic carbocycles. The largest absolute Gasteiger partial charge is 0.373 e. The molecule has 2 nitrogen and oxygen atoms in total. The minimum Gasteiger partial charge on any atom is -0.186 e. The van der Waals surface area contributed by atoms with Crippen molar-refractivity contribution in [3.63, 3.8) is 0 Å². The molecule has 0 aliphatic heterocycles. The molecular formula is CNiO2. The van der Waals surface area contributed by atoms with E-state index in [4.69, 9.17) is 9.59 Å². The van der Waals surface area contributed by atoms with Gasteiger partial charge in [0.1, 0.15) is 0 Å². The molecule has 0 rings (SSSR count). The Morgan fingerprint density at radius 3 is 1.25 bits per heavy atom. The van der Waals surface area contributed by atoms with Gasteiger partial charge in [0.15, 0.2) is 0 Å². The Bertz CT molecular complexity index is 27.0. The second-order valence-corrected chi connectivity index (χ2v) is 0.0833. The first-order valence-electron chi connectivity index (χ1n) is 0.408. The van der Waals surface area contributed by atoms with Gasteiger partial charge in [-0.05, 0) is 0 Å². The molecule has 0 atom stereocenters. The predicted octanol–water partition coefficient (Wildman–Crippen LogP) is -0.586. The van der Waals surface area contributed by atoms with Crippen molar-refractivity contribution in [2.45, 2.75) is 0 Å². The zero-order valence-corrected chi connectivity index (χ0v) is 2.62. The molecule has 0 unspecified atom stereocenters. The van der Waals surface area contributed by atoms with Gasteiger partial charge < -0.3 is 0 Å². The van der Waals surface area contributed by atoms with Crippen molar-refractivity contribution in [1.82, 2.24) is 0 Å². The van der Waals surface area contributed by atoms with Crippen LogP contribution in [0.4, 0.5) is 0 Å². The summed E-state index contributed by atoms with van der Waals surface area (Å²) in [7, 11) is 0. The Kier molecular flexibility index (Phi) is 30.1.